The summed E-state index contributed by atoms with van der Waals surface area (Å²) < 4.78 is 1.15. The molecule has 1 rings (SSSR count). The third kappa shape index (κ3) is 7.14. The van der Waals surface area contributed by atoms with Crippen LogP contribution in [0, 0.1) is 5.92 Å². The zero-order valence-electron chi connectivity index (χ0n) is 12.7. The summed E-state index contributed by atoms with van der Waals surface area (Å²) in [6.07, 6.45) is 5.39. The van der Waals surface area contributed by atoms with Crippen LogP contribution in [-0.4, -0.2) is 36.8 Å². The molecule has 0 radical (unpaired) electrons. The van der Waals surface area contributed by atoms with Gasteiger partial charge in [0.25, 0.3) is 0 Å². The standard InChI is InChI=1S/C14H26N4S2/c1-4-12(5-2)11-18-13(15-3)16-7-6-9-19-14-17-8-10-20-14/h8,10,12H,4-7,9,11H2,1-3H3,(H2,15,16,18). The molecule has 0 bridgehead atoms. The molecule has 0 spiro atoms. The Kier molecular flexibility index (Phi) is 9.49. The molecule has 1 aromatic heterocycles. The number of aliphatic imine (C=N–C) groups is 1. The molecule has 0 aromatic carbocycles. The van der Waals surface area contributed by atoms with Gasteiger partial charge < -0.3 is 10.6 Å². The first-order valence-electron chi connectivity index (χ1n) is 7.26. The third-order valence-electron chi connectivity index (χ3n) is 3.19. The average Bonchev–Trinajstić information content (AvgIpc) is 2.99. The predicted molar refractivity (Wildman–Crippen MR) is 90.9 cm³/mol. The van der Waals surface area contributed by atoms with Gasteiger partial charge in [0, 0.05) is 37.5 Å². The van der Waals surface area contributed by atoms with E-state index in [1.165, 1.54) is 12.8 Å². The molecule has 20 heavy (non-hydrogen) atoms. The normalized spacial score (nSPS) is 11.9. The second-order valence-corrected chi connectivity index (χ2v) is 6.80. The lowest BCUT2D eigenvalue weighted by Crippen LogP contribution is -2.40. The van der Waals surface area contributed by atoms with Crippen LogP contribution in [0.25, 0.3) is 0 Å². The van der Waals surface area contributed by atoms with Gasteiger partial charge in [-0.2, -0.15) is 0 Å². The fourth-order valence-corrected chi connectivity index (χ4v) is 3.41. The van der Waals surface area contributed by atoms with Crippen molar-refractivity contribution < 1.29 is 0 Å². The van der Waals surface area contributed by atoms with Crippen molar-refractivity contribution in [2.75, 3.05) is 25.9 Å². The zero-order chi connectivity index (χ0) is 14.6. The minimum atomic E-state index is 0.731. The highest BCUT2D eigenvalue weighted by atomic mass is 32.2. The van der Waals surface area contributed by atoms with Crippen LogP contribution >= 0.6 is 23.1 Å². The first-order valence-corrected chi connectivity index (χ1v) is 9.13. The van der Waals surface area contributed by atoms with Crippen LogP contribution in [0.5, 0.6) is 0 Å². The van der Waals surface area contributed by atoms with E-state index in [1.807, 2.05) is 30.4 Å². The summed E-state index contributed by atoms with van der Waals surface area (Å²) in [7, 11) is 1.83. The fraction of sp³-hybridized carbons (Fsp3) is 0.714. The fourth-order valence-electron chi connectivity index (χ4n) is 1.76. The van der Waals surface area contributed by atoms with Crippen LogP contribution in [0.1, 0.15) is 33.1 Å². The van der Waals surface area contributed by atoms with Crippen molar-refractivity contribution in [2.45, 2.75) is 37.4 Å². The number of thioether (sulfide) groups is 1. The van der Waals surface area contributed by atoms with E-state index >= 15 is 0 Å². The Hall–Kier alpha value is -0.750. The van der Waals surface area contributed by atoms with E-state index in [2.05, 4.69) is 34.5 Å². The molecule has 1 heterocycles. The van der Waals surface area contributed by atoms with Crippen LogP contribution in [0.3, 0.4) is 0 Å². The van der Waals surface area contributed by atoms with Crippen molar-refractivity contribution in [2.24, 2.45) is 10.9 Å². The van der Waals surface area contributed by atoms with Gasteiger partial charge in [0.15, 0.2) is 5.96 Å². The Morgan fingerprint density at radius 3 is 2.80 bits per heavy atom. The Bertz CT molecular complexity index is 361. The third-order valence-corrected chi connectivity index (χ3v) is 5.24. The highest BCUT2D eigenvalue weighted by Gasteiger charge is 2.04. The lowest BCUT2D eigenvalue weighted by Gasteiger charge is -2.16. The molecule has 0 saturated carbocycles. The summed E-state index contributed by atoms with van der Waals surface area (Å²) in [6.45, 7) is 6.42. The van der Waals surface area contributed by atoms with Gasteiger partial charge in [-0.25, -0.2) is 4.98 Å². The van der Waals surface area contributed by atoms with Crippen molar-refractivity contribution in [3.63, 3.8) is 0 Å². The predicted octanol–water partition coefficient (Wildman–Crippen LogP) is 3.23. The molecule has 114 valence electrons. The van der Waals surface area contributed by atoms with E-state index in [9.17, 15) is 0 Å². The summed E-state index contributed by atoms with van der Waals surface area (Å²) in [4.78, 5) is 8.51. The van der Waals surface area contributed by atoms with Crippen molar-refractivity contribution in [1.82, 2.24) is 15.6 Å². The Balaban J connectivity index is 2.09. The topological polar surface area (TPSA) is 49.3 Å². The second kappa shape index (κ2) is 11.0. The molecular formula is C14H26N4S2. The number of hydrogen-bond acceptors (Lipinski definition) is 4. The summed E-state index contributed by atoms with van der Waals surface area (Å²) in [5, 5.41) is 8.78. The lowest BCUT2D eigenvalue weighted by molar-refractivity contribution is 0.481. The van der Waals surface area contributed by atoms with E-state index in [4.69, 9.17) is 0 Å². The number of thiazole rings is 1. The molecular weight excluding hydrogens is 288 g/mol. The lowest BCUT2D eigenvalue weighted by atomic mass is 10.0. The van der Waals surface area contributed by atoms with Crippen molar-refractivity contribution in [1.29, 1.82) is 0 Å². The summed E-state index contributed by atoms with van der Waals surface area (Å²) in [5.41, 5.74) is 0. The van der Waals surface area contributed by atoms with Crippen LogP contribution in [-0.2, 0) is 0 Å². The molecule has 0 aliphatic rings. The van der Waals surface area contributed by atoms with Gasteiger partial charge >= 0.3 is 0 Å². The van der Waals surface area contributed by atoms with Crippen LogP contribution in [0.2, 0.25) is 0 Å². The van der Waals surface area contributed by atoms with Crippen molar-refractivity contribution in [3.8, 4) is 0 Å². The highest BCUT2D eigenvalue weighted by Crippen LogP contribution is 2.20. The Morgan fingerprint density at radius 1 is 1.40 bits per heavy atom. The van der Waals surface area contributed by atoms with Gasteiger partial charge in [-0.05, 0) is 12.3 Å². The molecule has 6 heteroatoms. The molecule has 2 N–H and O–H groups in total. The molecule has 0 unspecified atom stereocenters. The van der Waals surface area contributed by atoms with Crippen LogP contribution in [0.4, 0.5) is 0 Å². The van der Waals surface area contributed by atoms with Crippen molar-refractivity contribution in [3.05, 3.63) is 11.6 Å². The van der Waals surface area contributed by atoms with Crippen molar-refractivity contribution >= 4 is 29.1 Å². The van der Waals surface area contributed by atoms with Gasteiger partial charge in [0.1, 0.15) is 4.34 Å². The van der Waals surface area contributed by atoms with E-state index in [0.717, 1.165) is 41.5 Å². The number of guanidine groups is 1. The van der Waals surface area contributed by atoms with Crippen LogP contribution < -0.4 is 10.6 Å². The van der Waals surface area contributed by atoms with E-state index in [-0.39, 0.29) is 0 Å². The molecule has 0 amide bonds. The summed E-state index contributed by atoms with van der Waals surface area (Å²) in [6, 6.07) is 0. The zero-order valence-corrected chi connectivity index (χ0v) is 14.3. The summed E-state index contributed by atoms with van der Waals surface area (Å²) >= 11 is 3.52. The largest absolute Gasteiger partial charge is 0.356 e. The number of aromatic nitrogens is 1. The number of rotatable bonds is 9. The summed E-state index contributed by atoms with van der Waals surface area (Å²) in [5.74, 6) is 2.73. The van der Waals surface area contributed by atoms with Gasteiger partial charge in [0.05, 0.1) is 0 Å². The minimum Gasteiger partial charge on any atom is -0.356 e. The first kappa shape index (κ1) is 17.3. The minimum absolute atomic E-state index is 0.731. The van der Waals surface area contributed by atoms with Gasteiger partial charge in [-0.3, -0.25) is 4.99 Å². The molecule has 0 atom stereocenters. The maximum Gasteiger partial charge on any atom is 0.190 e. The number of nitrogens with one attached hydrogen (secondary N) is 2. The van der Waals surface area contributed by atoms with Gasteiger partial charge in [-0.15, -0.1) is 11.3 Å². The molecule has 1 aromatic rings. The van der Waals surface area contributed by atoms with Gasteiger partial charge in [0.2, 0.25) is 0 Å². The SMILES string of the molecule is CCC(CC)CNC(=NC)NCCCSc1nccs1. The van der Waals surface area contributed by atoms with E-state index in [1.54, 1.807) is 11.3 Å². The smallest absolute Gasteiger partial charge is 0.190 e. The molecule has 0 saturated heterocycles. The Labute approximate surface area is 130 Å². The Morgan fingerprint density at radius 2 is 2.20 bits per heavy atom. The second-order valence-electron chi connectivity index (χ2n) is 4.56. The van der Waals surface area contributed by atoms with E-state index < -0.39 is 0 Å². The first-order chi connectivity index (χ1) is 9.80. The number of nitrogens with zero attached hydrogens (tertiary/aromatic N) is 2. The van der Waals surface area contributed by atoms with E-state index in [0.29, 0.717) is 0 Å². The molecule has 4 nitrogen and oxygen atoms in total. The van der Waals surface area contributed by atoms with Gasteiger partial charge in [-0.1, -0.05) is 38.5 Å². The number of hydrogen-bond donors (Lipinski definition) is 2. The highest BCUT2D eigenvalue weighted by molar-refractivity contribution is 8.00. The molecule has 0 aliphatic carbocycles. The average molecular weight is 315 g/mol. The molecule has 0 fully saturated rings. The quantitative estimate of drug-likeness (QED) is 0.318. The maximum absolute atomic E-state index is 4.26. The monoisotopic (exact) mass is 314 g/mol. The molecule has 0 aliphatic heterocycles. The maximum atomic E-state index is 4.26. The van der Waals surface area contributed by atoms with Crippen LogP contribution in [0.15, 0.2) is 20.9 Å².